The van der Waals surface area contributed by atoms with Gasteiger partial charge in [0.1, 0.15) is 17.0 Å². The van der Waals surface area contributed by atoms with Gasteiger partial charge < -0.3 is 8.98 Å². The Bertz CT molecular complexity index is 2520. The van der Waals surface area contributed by atoms with Crippen molar-refractivity contribution < 1.29 is 4.42 Å². The molecule has 0 aliphatic heterocycles. The Morgan fingerprint density at radius 2 is 1.21 bits per heavy atom. The van der Waals surface area contributed by atoms with Gasteiger partial charge in [-0.25, -0.2) is 4.98 Å². The van der Waals surface area contributed by atoms with E-state index in [1.54, 1.807) is 0 Å². The van der Waals surface area contributed by atoms with Crippen molar-refractivity contribution in [1.29, 1.82) is 0 Å². The van der Waals surface area contributed by atoms with E-state index in [-0.39, 0.29) is 0 Å². The molecular formula is C40H26N2O. The lowest BCUT2D eigenvalue weighted by Gasteiger charge is -2.14. The topological polar surface area (TPSA) is 31.0 Å². The second-order valence-electron chi connectivity index (χ2n) is 11.2. The second kappa shape index (κ2) is 9.17. The normalized spacial score (nSPS) is 11.8. The number of furan rings is 1. The number of para-hydroxylation sites is 1. The number of hydrogen-bond acceptors (Lipinski definition) is 2. The number of rotatable bonds is 3. The van der Waals surface area contributed by atoms with Crippen LogP contribution in [0.5, 0.6) is 0 Å². The van der Waals surface area contributed by atoms with Crippen LogP contribution in [0.2, 0.25) is 0 Å². The summed E-state index contributed by atoms with van der Waals surface area (Å²) in [5.74, 6) is 0.971. The third-order valence-electron chi connectivity index (χ3n) is 8.81. The number of aryl methyl sites for hydroxylation is 1. The lowest BCUT2D eigenvalue weighted by Crippen LogP contribution is -1.92. The average Bonchev–Trinajstić information content (AvgIpc) is 3.60. The Kier molecular flexibility index (Phi) is 5.11. The molecule has 0 atom stereocenters. The highest BCUT2D eigenvalue weighted by molar-refractivity contribution is 6.21. The third-order valence-corrected chi connectivity index (χ3v) is 8.81. The largest absolute Gasteiger partial charge is 0.455 e. The van der Waals surface area contributed by atoms with E-state index in [0.29, 0.717) is 0 Å². The van der Waals surface area contributed by atoms with Crippen molar-refractivity contribution in [2.24, 2.45) is 7.05 Å². The van der Waals surface area contributed by atoms with Crippen LogP contribution in [0.25, 0.3) is 88.2 Å². The predicted molar refractivity (Wildman–Crippen MR) is 179 cm³/mol. The van der Waals surface area contributed by atoms with Gasteiger partial charge in [-0.05, 0) is 62.5 Å². The maximum absolute atomic E-state index is 6.60. The van der Waals surface area contributed by atoms with Crippen LogP contribution in [-0.4, -0.2) is 9.55 Å². The molecule has 0 saturated carbocycles. The van der Waals surface area contributed by atoms with Gasteiger partial charge in [0, 0.05) is 28.9 Å². The number of hydrogen-bond donors (Lipinski definition) is 0. The fraction of sp³-hybridized carbons (Fsp3) is 0.0250. The molecule has 0 amide bonds. The Hall–Kier alpha value is -5.67. The third kappa shape index (κ3) is 3.58. The van der Waals surface area contributed by atoms with Crippen LogP contribution >= 0.6 is 0 Å². The van der Waals surface area contributed by atoms with E-state index in [4.69, 9.17) is 9.40 Å². The first kappa shape index (κ1) is 24.0. The van der Waals surface area contributed by atoms with Gasteiger partial charge >= 0.3 is 0 Å². The van der Waals surface area contributed by atoms with E-state index >= 15 is 0 Å². The highest BCUT2D eigenvalue weighted by Gasteiger charge is 2.19. The summed E-state index contributed by atoms with van der Waals surface area (Å²) < 4.78 is 8.77. The lowest BCUT2D eigenvalue weighted by molar-refractivity contribution is 0.670. The molecule has 0 N–H and O–H groups in total. The van der Waals surface area contributed by atoms with Gasteiger partial charge in [-0.15, -0.1) is 0 Å². The van der Waals surface area contributed by atoms with Crippen LogP contribution in [0.1, 0.15) is 0 Å². The van der Waals surface area contributed by atoms with Gasteiger partial charge in [-0.1, -0.05) is 115 Å². The Morgan fingerprint density at radius 1 is 0.535 bits per heavy atom. The van der Waals surface area contributed by atoms with Crippen LogP contribution in [0.4, 0.5) is 0 Å². The summed E-state index contributed by atoms with van der Waals surface area (Å²) in [6.07, 6.45) is 0. The van der Waals surface area contributed by atoms with E-state index in [1.807, 2.05) is 12.1 Å². The van der Waals surface area contributed by atoms with Gasteiger partial charge in [-0.3, -0.25) is 0 Å². The molecule has 0 spiro atoms. The van der Waals surface area contributed by atoms with Crippen molar-refractivity contribution >= 4 is 54.5 Å². The first-order valence-corrected chi connectivity index (χ1v) is 14.6. The fourth-order valence-corrected chi connectivity index (χ4v) is 6.77. The molecule has 3 nitrogen and oxygen atoms in total. The maximum atomic E-state index is 6.60. The summed E-state index contributed by atoms with van der Waals surface area (Å²) >= 11 is 0. The highest BCUT2D eigenvalue weighted by atomic mass is 16.3. The average molecular weight is 551 g/mol. The van der Waals surface area contributed by atoms with E-state index in [0.717, 1.165) is 55.5 Å². The zero-order chi connectivity index (χ0) is 28.5. The van der Waals surface area contributed by atoms with Gasteiger partial charge in [0.25, 0.3) is 0 Å². The number of benzene rings is 7. The molecule has 0 saturated heterocycles. The standard InChI is InChI=1S/C40H26N2O/c1-42-36-22-19-27(24-35(36)41-40(42)25-11-3-2-4-12-25)28-20-21-33(31-16-8-7-15-30(28)31)38-29-14-6-5-13-26(29)23-34-32-17-9-10-18-37(32)43-39(34)38/h2-24H,1H3. The molecule has 202 valence electrons. The Morgan fingerprint density at radius 3 is 2.05 bits per heavy atom. The maximum Gasteiger partial charge on any atom is 0.143 e. The van der Waals surface area contributed by atoms with Crippen LogP contribution in [-0.2, 0) is 7.05 Å². The van der Waals surface area contributed by atoms with Crippen LogP contribution in [0, 0.1) is 0 Å². The number of nitrogens with zero attached hydrogens (tertiary/aromatic N) is 2. The monoisotopic (exact) mass is 550 g/mol. The SMILES string of the molecule is Cn1c(-c2ccccc2)nc2cc(-c3ccc(-c4c5ccccc5cc5c4oc4ccccc45)c4ccccc34)ccc21. The molecule has 2 aromatic heterocycles. The second-order valence-corrected chi connectivity index (χ2v) is 11.2. The van der Waals surface area contributed by atoms with Gasteiger partial charge in [0.15, 0.2) is 0 Å². The minimum absolute atomic E-state index is 0.911. The summed E-state index contributed by atoms with van der Waals surface area (Å²) in [4.78, 5) is 5.05. The summed E-state index contributed by atoms with van der Waals surface area (Å²) in [6.45, 7) is 0. The molecule has 0 bridgehead atoms. The highest BCUT2D eigenvalue weighted by Crippen LogP contribution is 2.45. The summed E-state index contributed by atoms with van der Waals surface area (Å²) in [7, 11) is 2.09. The molecular weight excluding hydrogens is 524 g/mol. The number of fused-ring (bicyclic) bond motifs is 6. The predicted octanol–water partition coefficient (Wildman–Crippen LogP) is 10.8. The Labute approximate surface area is 248 Å². The van der Waals surface area contributed by atoms with Crippen molar-refractivity contribution in [3.8, 4) is 33.6 Å². The molecule has 9 aromatic rings. The van der Waals surface area contributed by atoms with Crippen LogP contribution in [0.3, 0.4) is 0 Å². The van der Waals surface area contributed by atoms with E-state index in [1.165, 1.54) is 32.7 Å². The molecule has 7 aromatic carbocycles. The first-order chi connectivity index (χ1) is 21.2. The van der Waals surface area contributed by atoms with E-state index in [2.05, 4.69) is 139 Å². The fourth-order valence-electron chi connectivity index (χ4n) is 6.77. The van der Waals surface area contributed by atoms with Gasteiger partial charge in [0.2, 0.25) is 0 Å². The van der Waals surface area contributed by atoms with E-state index in [9.17, 15) is 0 Å². The number of imidazole rings is 1. The summed E-state index contributed by atoms with van der Waals surface area (Å²) in [6, 6.07) is 49.5. The van der Waals surface area contributed by atoms with Crippen molar-refractivity contribution in [2.75, 3.05) is 0 Å². The molecule has 43 heavy (non-hydrogen) atoms. The number of aromatic nitrogens is 2. The van der Waals surface area contributed by atoms with Gasteiger partial charge in [0.05, 0.1) is 11.0 Å². The van der Waals surface area contributed by atoms with Crippen molar-refractivity contribution in [3.63, 3.8) is 0 Å². The molecule has 3 heteroatoms. The molecule has 2 heterocycles. The van der Waals surface area contributed by atoms with Crippen LogP contribution in [0.15, 0.2) is 144 Å². The smallest absolute Gasteiger partial charge is 0.143 e. The summed E-state index contributed by atoms with van der Waals surface area (Å²) in [5, 5.41) is 7.09. The van der Waals surface area contributed by atoms with Crippen LogP contribution < -0.4 is 0 Å². The first-order valence-electron chi connectivity index (χ1n) is 14.6. The van der Waals surface area contributed by atoms with Crippen molar-refractivity contribution in [2.45, 2.75) is 0 Å². The molecule has 0 fully saturated rings. The molecule has 0 unspecified atom stereocenters. The van der Waals surface area contributed by atoms with Crippen molar-refractivity contribution in [1.82, 2.24) is 9.55 Å². The zero-order valence-corrected chi connectivity index (χ0v) is 23.6. The molecule has 9 rings (SSSR count). The quantitative estimate of drug-likeness (QED) is 0.219. The minimum atomic E-state index is 0.911. The summed E-state index contributed by atoms with van der Waals surface area (Å²) in [5.41, 5.74) is 9.72. The molecule has 0 radical (unpaired) electrons. The van der Waals surface area contributed by atoms with Gasteiger partial charge in [-0.2, -0.15) is 0 Å². The molecule has 0 aliphatic rings. The lowest BCUT2D eigenvalue weighted by atomic mass is 9.89. The zero-order valence-electron chi connectivity index (χ0n) is 23.6. The molecule has 0 aliphatic carbocycles. The minimum Gasteiger partial charge on any atom is -0.455 e. The Balaban J connectivity index is 1.29. The van der Waals surface area contributed by atoms with E-state index < -0.39 is 0 Å². The van der Waals surface area contributed by atoms with Crippen molar-refractivity contribution in [3.05, 3.63) is 140 Å².